The largest absolute Gasteiger partial charge is 0.457 e. The molecule has 4 nitrogen and oxygen atoms in total. The van der Waals surface area contributed by atoms with E-state index in [-0.39, 0.29) is 17.7 Å². The number of nitrogens with one attached hydrogen (secondary N) is 1. The van der Waals surface area contributed by atoms with E-state index in [2.05, 4.69) is 4.98 Å². The van der Waals surface area contributed by atoms with Crippen LogP contribution in [0.4, 0.5) is 0 Å². The van der Waals surface area contributed by atoms with Crippen LogP contribution in [-0.4, -0.2) is 11.0 Å². The van der Waals surface area contributed by atoms with Gasteiger partial charge in [0.2, 0.25) is 0 Å². The van der Waals surface area contributed by atoms with Crippen molar-refractivity contribution in [2.75, 3.05) is 0 Å². The number of ether oxygens (including phenoxy) is 1. The van der Waals surface area contributed by atoms with E-state index in [1.807, 2.05) is 31.2 Å². The first kappa shape index (κ1) is 13.6. The van der Waals surface area contributed by atoms with Gasteiger partial charge in [0.25, 0.3) is 5.56 Å². The van der Waals surface area contributed by atoms with Crippen molar-refractivity contribution in [1.29, 1.82) is 0 Å². The number of aromatic nitrogens is 1. The fourth-order valence-corrected chi connectivity index (χ4v) is 2.66. The Morgan fingerprint density at radius 2 is 2.10 bits per heavy atom. The molecule has 0 spiro atoms. The Morgan fingerprint density at radius 3 is 2.90 bits per heavy atom. The number of fused-ring (bicyclic) bond motifs is 1. The Bertz CT molecular complexity index is 746. The summed E-state index contributed by atoms with van der Waals surface area (Å²) in [5, 5.41) is 0. The number of esters is 1. The molecule has 0 saturated heterocycles. The summed E-state index contributed by atoms with van der Waals surface area (Å²) < 4.78 is 5.28. The number of rotatable bonds is 3. The minimum absolute atomic E-state index is 0.101. The molecule has 2 aromatic rings. The molecule has 1 heterocycles. The Labute approximate surface area is 122 Å². The summed E-state index contributed by atoms with van der Waals surface area (Å²) in [6.45, 7) is 2.15. The number of aromatic amines is 1. The molecule has 4 heteroatoms. The van der Waals surface area contributed by atoms with Crippen LogP contribution >= 0.6 is 0 Å². The summed E-state index contributed by atoms with van der Waals surface area (Å²) in [7, 11) is 0. The number of benzene rings is 1. The van der Waals surface area contributed by atoms with Crippen molar-refractivity contribution in [3.8, 4) is 0 Å². The van der Waals surface area contributed by atoms with E-state index >= 15 is 0 Å². The summed E-state index contributed by atoms with van der Waals surface area (Å²) in [6.07, 6.45) is 2.81. The predicted molar refractivity (Wildman–Crippen MR) is 79.4 cm³/mol. The van der Waals surface area contributed by atoms with Gasteiger partial charge in [-0.2, -0.15) is 0 Å². The molecule has 0 radical (unpaired) electrons. The van der Waals surface area contributed by atoms with Crippen molar-refractivity contribution in [2.24, 2.45) is 0 Å². The lowest BCUT2D eigenvalue weighted by Crippen LogP contribution is -2.21. The summed E-state index contributed by atoms with van der Waals surface area (Å²) in [5.41, 5.74) is 3.76. The number of pyridine rings is 1. The zero-order valence-corrected chi connectivity index (χ0v) is 11.9. The smallest absolute Gasteiger partial charge is 0.344 e. The average molecular weight is 283 g/mol. The molecule has 1 aliphatic rings. The third kappa shape index (κ3) is 2.75. The van der Waals surface area contributed by atoms with Gasteiger partial charge >= 0.3 is 5.97 Å². The molecule has 0 bridgehead atoms. The predicted octanol–water partition coefficient (Wildman–Crippen LogP) is 2.53. The number of aryl methyl sites for hydroxylation is 3. The van der Waals surface area contributed by atoms with Crippen molar-refractivity contribution in [3.05, 3.63) is 68.6 Å². The van der Waals surface area contributed by atoms with Crippen LogP contribution in [0.1, 0.15) is 39.2 Å². The van der Waals surface area contributed by atoms with E-state index in [4.69, 9.17) is 4.74 Å². The average Bonchev–Trinajstić information content (AvgIpc) is 2.92. The minimum Gasteiger partial charge on any atom is -0.457 e. The summed E-state index contributed by atoms with van der Waals surface area (Å²) >= 11 is 0. The van der Waals surface area contributed by atoms with Crippen molar-refractivity contribution in [1.82, 2.24) is 4.98 Å². The van der Waals surface area contributed by atoms with Crippen LogP contribution in [0.15, 0.2) is 35.1 Å². The van der Waals surface area contributed by atoms with E-state index in [0.29, 0.717) is 0 Å². The van der Waals surface area contributed by atoms with Crippen LogP contribution in [0.25, 0.3) is 0 Å². The van der Waals surface area contributed by atoms with Gasteiger partial charge in [0.15, 0.2) is 0 Å². The lowest BCUT2D eigenvalue weighted by molar-refractivity contribution is 0.0470. The first-order valence-corrected chi connectivity index (χ1v) is 7.12. The maximum Gasteiger partial charge on any atom is 0.344 e. The highest BCUT2D eigenvalue weighted by molar-refractivity contribution is 5.89. The summed E-state index contributed by atoms with van der Waals surface area (Å²) in [4.78, 5) is 26.8. The molecule has 0 saturated carbocycles. The van der Waals surface area contributed by atoms with Crippen LogP contribution < -0.4 is 5.56 Å². The zero-order valence-electron chi connectivity index (χ0n) is 11.9. The fourth-order valence-electron chi connectivity index (χ4n) is 2.66. The van der Waals surface area contributed by atoms with Gasteiger partial charge in [-0.1, -0.05) is 24.3 Å². The second-order valence-electron chi connectivity index (χ2n) is 5.37. The SMILES string of the molecule is Cc1ccccc1COC(=O)c1cc2c([nH]c1=O)CCC2. The highest BCUT2D eigenvalue weighted by Crippen LogP contribution is 2.19. The van der Waals surface area contributed by atoms with Gasteiger partial charge < -0.3 is 9.72 Å². The highest BCUT2D eigenvalue weighted by Gasteiger charge is 2.19. The molecule has 0 amide bonds. The van der Waals surface area contributed by atoms with Crippen LogP contribution in [0, 0.1) is 6.92 Å². The molecule has 0 unspecified atom stereocenters. The molecular formula is C17H17NO3. The molecule has 0 atom stereocenters. The van der Waals surface area contributed by atoms with Gasteiger partial charge in [-0.3, -0.25) is 4.79 Å². The molecule has 108 valence electrons. The van der Waals surface area contributed by atoms with E-state index < -0.39 is 5.97 Å². The van der Waals surface area contributed by atoms with E-state index in [9.17, 15) is 9.59 Å². The maximum atomic E-state index is 12.1. The standard InChI is InChI=1S/C17H17NO3/c1-11-5-2-3-6-13(11)10-21-17(20)14-9-12-7-4-8-15(12)18-16(14)19/h2-3,5-6,9H,4,7-8,10H2,1H3,(H,18,19). The highest BCUT2D eigenvalue weighted by atomic mass is 16.5. The number of carbonyl (C=O) groups is 1. The van der Waals surface area contributed by atoms with Gasteiger partial charge in [-0.25, -0.2) is 4.79 Å². The van der Waals surface area contributed by atoms with Gasteiger partial charge in [-0.15, -0.1) is 0 Å². The van der Waals surface area contributed by atoms with Crippen molar-refractivity contribution in [2.45, 2.75) is 32.8 Å². The molecular weight excluding hydrogens is 266 g/mol. The molecule has 1 aromatic carbocycles. The zero-order chi connectivity index (χ0) is 14.8. The normalized spacial score (nSPS) is 13.0. The summed E-state index contributed by atoms with van der Waals surface area (Å²) in [5.74, 6) is -0.561. The van der Waals surface area contributed by atoms with E-state index in [0.717, 1.165) is 41.6 Å². The Balaban J connectivity index is 1.77. The maximum absolute atomic E-state index is 12.1. The molecule has 3 rings (SSSR count). The van der Waals surface area contributed by atoms with Crippen LogP contribution in [0.5, 0.6) is 0 Å². The van der Waals surface area contributed by atoms with Crippen LogP contribution in [0.3, 0.4) is 0 Å². The van der Waals surface area contributed by atoms with Crippen molar-refractivity contribution < 1.29 is 9.53 Å². The van der Waals surface area contributed by atoms with Gasteiger partial charge in [0.1, 0.15) is 12.2 Å². The fraction of sp³-hybridized carbons (Fsp3) is 0.294. The lowest BCUT2D eigenvalue weighted by atomic mass is 10.1. The molecule has 21 heavy (non-hydrogen) atoms. The topological polar surface area (TPSA) is 59.2 Å². The first-order valence-electron chi connectivity index (χ1n) is 7.12. The molecule has 0 aliphatic heterocycles. The number of hydrogen-bond donors (Lipinski definition) is 1. The van der Waals surface area contributed by atoms with Crippen LogP contribution in [0.2, 0.25) is 0 Å². The van der Waals surface area contributed by atoms with Crippen molar-refractivity contribution >= 4 is 5.97 Å². The second kappa shape index (κ2) is 5.56. The van der Waals surface area contributed by atoms with Gasteiger partial charge in [-0.05, 0) is 48.9 Å². The summed E-state index contributed by atoms with van der Waals surface area (Å²) in [6, 6.07) is 9.40. The molecule has 1 N–H and O–H groups in total. The Kier molecular flexibility index (Phi) is 3.60. The van der Waals surface area contributed by atoms with Crippen molar-refractivity contribution in [3.63, 3.8) is 0 Å². The number of carbonyl (C=O) groups excluding carboxylic acids is 1. The number of hydrogen-bond acceptors (Lipinski definition) is 3. The minimum atomic E-state index is -0.561. The molecule has 1 aromatic heterocycles. The molecule has 0 fully saturated rings. The monoisotopic (exact) mass is 283 g/mol. The number of H-pyrrole nitrogens is 1. The third-order valence-electron chi connectivity index (χ3n) is 3.93. The van der Waals surface area contributed by atoms with Gasteiger partial charge in [0, 0.05) is 5.69 Å². The van der Waals surface area contributed by atoms with Gasteiger partial charge in [0.05, 0.1) is 0 Å². The third-order valence-corrected chi connectivity index (χ3v) is 3.93. The van der Waals surface area contributed by atoms with E-state index in [1.54, 1.807) is 6.07 Å². The Hall–Kier alpha value is -2.36. The van der Waals surface area contributed by atoms with Crippen LogP contribution in [-0.2, 0) is 24.2 Å². The van der Waals surface area contributed by atoms with E-state index in [1.165, 1.54) is 0 Å². The second-order valence-corrected chi connectivity index (χ2v) is 5.37. The quantitative estimate of drug-likeness (QED) is 0.881. The first-order chi connectivity index (χ1) is 10.1. The Morgan fingerprint density at radius 1 is 1.29 bits per heavy atom. The lowest BCUT2D eigenvalue weighted by Gasteiger charge is -2.08. The molecule has 1 aliphatic carbocycles.